The highest BCUT2D eigenvalue weighted by atomic mass is 16.6. The number of carbonyl (C=O) groups excluding carboxylic acids is 1. The molecule has 0 aromatic rings. The quantitative estimate of drug-likeness (QED) is 0.764. The zero-order chi connectivity index (χ0) is 13.8. The Morgan fingerprint density at radius 3 is 2.33 bits per heavy atom. The lowest BCUT2D eigenvalue weighted by atomic mass is 9.81. The molecule has 5 nitrogen and oxygen atoms in total. The smallest absolute Gasteiger partial charge is 0.408 e. The number of alkyl carbamates (subject to hydrolysis) is 1. The van der Waals surface area contributed by atoms with Crippen LogP contribution in [0.2, 0.25) is 0 Å². The molecule has 1 rings (SSSR count). The minimum Gasteiger partial charge on any atom is -0.444 e. The highest BCUT2D eigenvalue weighted by Crippen LogP contribution is 2.29. The van der Waals surface area contributed by atoms with E-state index in [4.69, 9.17) is 4.74 Å². The molecule has 18 heavy (non-hydrogen) atoms. The molecule has 0 aromatic carbocycles. The number of ether oxygens (including phenoxy) is 1. The van der Waals surface area contributed by atoms with Crippen molar-refractivity contribution in [1.29, 1.82) is 0 Å². The maximum Gasteiger partial charge on any atom is 0.408 e. The van der Waals surface area contributed by atoms with Gasteiger partial charge in [-0.1, -0.05) is 19.3 Å². The van der Waals surface area contributed by atoms with Crippen LogP contribution in [0.1, 0.15) is 52.9 Å². The summed E-state index contributed by atoms with van der Waals surface area (Å²) in [5.74, 6) is 0. The second-order valence-corrected chi connectivity index (χ2v) is 6.28. The van der Waals surface area contributed by atoms with Crippen LogP contribution >= 0.6 is 0 Å². The topological polar surface area (TPSA) is 61.8 Å². The minimum atomic E-state index is -0.495. The normalized spacial score (nSPS) is 19.7. The number of likely N-dealkylation sites (N-methyl/N-ethyl adjacent to an activating group) is 1. The van der Waals surface area contributed by atoms with Gasteiger partial charge in [-0.25, -0.2) is 4.79 Å². The fraction of sp³-hybridized carbons (Fsp3) is 0.923. The summed E-state index contributed by atoms with van der Waals surface area (Å²) in [5.41, 5.74) is -0.852. The number of amides is 1. The fourth-order valence-electron chi connectivity index (χ4n) is 2.51. The van der Waals surface area contributed by atoms with Gasteiger partial charge in [0.05, 0.1) is 5.54 Å². The van der Waals surface area contributed by atoms with Crippen LogP contribution < -0.4 is 5.32 Å². The van der Waals surface area contributed by atoms with Crippen molar-refractivity contribution < 1.29 is 14.7 Å². The lowest BCUT2D eigenvalue weighted by molar-refractivity contribution is -0.0887. The van der Waals surface area contributed by atoms with E-state index in [1.54, 1.807) is 7.05 Å². The van der Waals surface area contributed by atoms with Gasteiger partial charge < -0.3 is 15.3 Å². The minimum absolute atomic E-state index is 0.357. The summed E-state index contributed by atoms with van der Waals surface area (Å²) < 4.78 is 5.30. The molecule has 0 unspecified atom stereocenters. The van der Waals surface area contributed by atoms with Gasteiger partial charge in [-0.2, -0.15) is 5.06 Å². The highest BCUT2D eigenvalue weighted by molar-refractivity contribution is 5.68. The van der Waals surface area contributed by atoms with Gasteiger partial charge in [0.15, 0.2) is 0 Å². The van der Waals surface area contributed by atoms with E-state index in [-0.39, 0.29) is 5.54 Å². The van der Waals surface area contributed by atoms with Crippen molar-refractivity contribution in [3.8, 4) is 0 Å². The molecular formula is C13H26N2O3. The monoisotopic (exact) mass is 258 g/mol. The Kier molecular flexibility index (Phi) is 4.99. The molecule has 106 valence electrons. The van der Waals surface area contributed by atoms with Crippen molar-refractivity contribution >= 4 is 6.09 Å². The summed E-state index contributed by atoms with van der Waals surface area (Å²) in [6, 6.07) is 0. The van der Waals surface area contributed by atoms with E-state index in [9.17, 15) is 10.0 Å². The fourth-order valence-corrected chi connectivity index (χ4v) is 2.51. The van der Waals surface area contributed by atoms with E-state index in [0.717, 1.165) is 30.7 Å². The van der Waals surface area contributed by atoms with Crippen molar-refractivity contribution in [1.82, 2.24) is 10.4 Å². The average molecular weight is 258 g/mol. The third-order valence-corrected chi connectivity index (χ3v) is 3.11. The molecular weight excluding hydrogens is 232 g/mol. The molecule has 0 aliphatic heterocycles. The Bertz CT molecular complexity index is 278. The molecule has 1 amide bonds. The van der Waals surface area contributed by atoms with Crippen LogP contribution in [0.3, 0.4) is 0 Å². The van der Waals surface area contributed by atoms with Gasteiger partial charge in [-0.05, 0) is 33.6 Å². The van der Waals surface area contributed by atoms with Crippen LogP contribution in [0.4, 0.5) is 4.79 Å². The molecule has 2 N–H and O–H groups in total. The molecule has 0 spiro atoms. The molecule has 0 aromatic heterocycles. The lowest BCUT2D eigenvalue weighted by Crippen LogP contribution is -2.56. The molecule has 0 heterocycles. The number of hydroxylamine groups is 2. The van der Waals surface area contributed by atoms with Crippen LogP contribution in [-0.2, 0) is 4.74 Å². The Morgan fingerprint density at radius 1 is 1.33 bits per heavy atom. The van der Waals surface area contributed by atoms with E-state index in [0.29, 0.717) is 6.54 Å². The van der Waals surface area contributed by atoms with Crippen LogP contribution in [-0.4, -0.2) is 41.1 Å². The van der Waals surface area contributed by atoms with Gasteiger partial charge in [0.25, 0.3) is 0 Å². The third kappa shape index (κ3) is 5.23. The van der Waals surface area contributed by atoms with E-state index in [2.05, 4.69) is 5.32 Å². The van der Waals surface area contributed by atoms with Gasteiger partial charge in [0.2, 0.25) is 0 Å². The molecule has 0 radical (unpaired) electrons. The van der Waals surface area contributed by atoms with Gasteiger partial charge in [-0.3, -0.25) is 0 Å². The predicted molar refractivity (Wildman–Crippen MR) is 69.6 cm³/mol. The maximum atomic E-state index is 11.9. The second-order valence-electron chi connectivity index (χ2n) is 6.28. The van der Waals surface area contributed by atoms with Gasteiger partial charge in [0, 0.05) is 13.6 Å². The molecule has 0 bridgehead atoms. The van der Waals surface area contributed by atoms with Gasteiger partial charge in [0.1, 0.15) is 5.60 Å². The van der Waals surface area contributed by atoms with Crippen molar-refractivity contribution in [2.75, 3.05) is 13.6 Å². The molecule has 5 heteroatoms. The molecule has 1 aliphatic rings. The summed E-state index contributed by atoms with van der Waals surface area (Å²) >= 11 is 0. The zero-order valence-corrected chi connectivity index (χ0v) is 12.0. The first kappa shape index (κ1) is 15.2. The summed E-state index contributed by atoms with van der Waals surface area (Å²) in [6.07, 6.45) is 4.71. The predicted octanol–water partition coefficient (Wildman–Crippen LogP) is 2.54. The van der Waals surface area contributed by atoms with E-state index < -0.39 is 11.7 Å². The first-order valence-corrected chi connectivity index (χ1v) is 6.64. The zero-order valence-electron chi connectivity index (χ0n) is 12.0. The number of hydrogen-bond donors (Lipinski definition) is 2. The summed E-state index contributed by atoms with van der Waals surface area (Å²) in [6.45, 7) is 5.97. The van der Waals surface area contributed by atoms with Crippen molar-refractivity contribution in [2.24, 2.45) is 0 Å². The summed E-state index contributed by atoms with van der Waals surface area (Å²) in [7, 11) is 1.60. The molecule has 1 saturated carbocycles. The molecule has 0 atom stereocenters. The van der Waals surface area contributed by atoms with Crippen molar-refractivity contribution in [2.45, 2.75) is 64.0 Å². The second kappa shape index (κ2) is 5.89. The SMILES string of the molecule is CN(O)CC1(NC(=O)OC(C)(C)C)CCCCC1. The summed E-state index contributed by atoms with van der Waals surface area (Å²) in [4.78, 5) is 11.9. The maximum absolute atomic E-state index is 11.9. The Labute approximate surface area is 109 Å². The number of rotatable bonds is 3. The first-order valence-electron chi connectivity index (χ1n) is 6.64. The summed E-state index contributed by atoms with van der Waals surface area (Å²) in [5, 5.41) is 13.6. The average Bonchev–Trinajstić information content (AvgIpc) is 2.13. The van der Waals surface area contributed by atoms with E-state index in [1.807, 2.05) is 20.8 Å². The van der Waals surface area contributed by atoms with Crippen LogP contribution in [0.15, 0.2) is 0 Å². The number of hydrogen-bond acceptors (Lipinski definition) is 4. The van der Waals surface area contributed by atoms with E-state index in [1.165, 1.54) is 6.42 Å². The first-order chi connectivity index (χ1) is 8.22. The van der Waals surface area contributed by atoms with Gasteiger partial charge >= 0.3 is 6.09 Å². The number of nitrogens with zero attached hydrogens (tertiary/aromatic N) is 1. The highest BCUT2D eigenvalue weighted by Gasteiger charge is 2.35. The molecule has 0 saturated heterocycles. The molecule has 1 fully saturated rings. The lowest BCUT2D eigenvalue weighted by Gasteiger charge is -2.39. The van der Waals surface area contributed by atoms with Crippen LogP contribution in [0, 0.1) is 0 Å². The Balaban J connectivity index is 2.63. The Hall–Kier alpha value is -0.810. The van der Waals surface area contributed by atoms with Gasteiger partial charge in [-0.15, -0.1) is 0 Å². The third-order valence-electron chi connectivity index (χ3n) is 3.11. The largest absolute Gasteiger partial charge is 0.444 e. The van der Waals surface area contributed by atoms with Crippen LogP contribution in [0.5, 0.6) is 0 Å². The standard InChI is InChI=1S/C13H26N2O3/c1-12(2,3)18-11(16)14-13(10-15(4)17)8-6-5-7-9-13/h17H,5-10H2,1-4H3,(H,14,16). The Morgan fingerprint density at radius 2 is 1.89 bits per heavy atom. The van der Waals surface area contributed by atoms with Crippen LogP contribution in [0.25, 0.3) is 0 Å². The van der Waals surface area contributed by atoms with Crippen molar-refractivity contribution in [3.63, 3.8) is 0 Å². The van der Waals surface area contributed by atoms with E-state index >= 15 is 0 Å². The number of nitrogens with one attached hydrogen (secondary N) is 1. The number of carbonyl (C=O) groups is 1. The molecule has 1 aliphatic carbocycles. The van der Waals surface area contributed by atoms with Crippen molar-refractivity contribution in [3.05, 3.63) is 0 Å².